The van der Waals surface area contributed by atoms with Gasteiger partial charge >= 0.3 is 5.69 Å². The summed E-state index contributed by atoms with van der Waals surface area (Å²) in [5.41, 5.74) is -0.565. The minimum atomic E-state index is -0.435. The summed E-state index contributed by atoms with van der Waals surface area (Å²) in [4.78, 5) is 37.0. The van der Waals surface area contributed by atoms with Gasteiger partial charge in [0.2, 0.25) is 5.91 Å². The number of nitrogens with zero attached hydrogens (tertiary/aromatic N) is 3. The van der Waals surface area contributed by atoms with E-state index in [-0.39, 0.29) is 17.5 Å². The molecule has 1 heterocycles. The molecule has 7 nitrogen and oxygen atoms in total. The summed E-state index contributed by atoms with van der Waals surface area (Å²) >= 11 is 0. The molecule has 0 aromatic carbocycles. The second-order valence-electron chi connectivity index (χ2n) is 4.93. The van der Waals surface area contributed by atoms with Crippen molar-refractivity contribution in [3.8, 4) is 0 Å². The Labute approximate surface area is 123 Å². The summed E-state index contributed by atoms with van der Waals surface area (Å²) in [6.07, 6.45) is 4.14. The van der Waals surface area contributed by atoms with Crippen molar-refractivity contribution >= 4 is 12.0 Å². The van der Waals surface area contributed by atoms with Crippen LogP contribution < -0.4 is 11.2 Å². The molecule has 0 aliphatic heterocycles. The zero-order chi connectivity index (χ0) is 16.2. The van der Waals surface area contributed by atoms with Crippen molar-refractivity contribution in [2.45, 2.75) is 13.0 Å². The summed E-state index contributed by atoms with van der Waals surface area (Å²) in [6, 6.07) is -0.0740. The topological polar surface area (TPSA) is 73.5 Å². The number of aromatic nitrogens is 2. The minimum Gasteiger partial charge on any atom is -0.383 e. The zero-order valence-corrected chi connectivity index (χ0v) is 13.0. The fourth-order valence-electron chi connectivity index (χ4n) is 1.80. The van der Waals surface area contributed by atoms with Gasteiger partial charge in [0, 0.05) is 40.5 Å². The highest BCUT2D eigenvalue weighted by Crippen LogP contribution is 2.00. The van der Waals surface area contributed by atoms with E-state index >= 15 is 0 Å². The smallest absolute Gasteiger partial charge is 0.330 e. The van der Waals surface area contributed by atoms with Crippen molar-refractivity contribution in [2.75, 3.05) is 20.8 Å². The van der Waals surface area contributed by atoms with Gasteiger partial charge in [0.1, 0.15) is 0 Å². The number of methoxy groups -OCH3 is 1. The molecule has 116 valence electrons. The molecular weight excluding hydrogens is 274 g/mol. The molecule has 0 spiro atoms. The SMILES string of the molecule is COCC(C)N(C)C(=O)C=Cc1cn(C)c(=O)n(C)c1=O. The third-order valence-corrected chi connectivity index (χ3v) is 3.30. The molecule has 1 unspecified atom stereocenters. The quantitative estimate of drug-likeness (QED) is 0.692. The Balaban J connectivity index is 2.99. The Morgan fingerprint density at radius 3 is 2.62 bits per heavy atom. The van der Waals surface area contributed by atoms with E-state index in [4.69, 9.17) is 4.74 Å². The van der Waals surface area contributed by atoms with Crippen LogP contribution in [0.25, 0.3) is 6.08 Å². The first-order valence-electron chi connectivity index (χ1n) is 6.50. The van der Waals surface area contributed by atoms with E-state index in [2.05, 4.69) is 0 Å². The third kappa shape index (κ3) is 3.91. The van der Waals surface area contributed by atoms with Crippen LogP contribution in [0.3, 0.4) is 0 Å². The molecular formula is C14H21N3O4. The maximum absolute atomic E-state index is 12.0. The van der Waals surface area contributed by atoms with Crippen LogP contribution in [0.1, 0.15) is 12.5 Å². The van der Waals surface area contributed by atoms with Crippen molar-refractivity contribution in [3.63, 3.8) is 0 Å². The van der Waals surface area contributed by atoms with Crippen LogP contribution in [0.2, 0.25) is 0 Å². The lowest BCUT2D eigenvalue weighted by Crippen LogP contribution is -2.38. The Kier molecular flexibility index (Phi) is 5.66. The van der Waals surface area contributed by atoms with Gasteiger partial charge in [-0.15, -0.1) is 0 Å². The Bertz CT molecular complexity index is 657. The molecule has 21 heavy (non-hydrogen) atoms. The normalized spacial score (nSPS) is 12.6. The lowest BCUT2D eigenvalue weighted by Gasteiger charge is -2.22. The van der Waals surface area contributed by atoms with E-state index in [9.17, 15) is 14.4 Å². The fraction of sp³-hybridized carbons (Fsp3) is 0.500. The first-order valence-corrected chi connectivity index (χ1v) is 6.50. The van der Waals surface area contributed by atoms with Crippen LogP contribution in [0.15, 0.2) is 21.9 Å². The predicted molar refractivity (Wildman–Crippen MR) is 80.1 cm³/mol. The maximum Gasteiger partial charge on any atom is 0.330 e. The highest BCUT2D eigenvalue weighted by molar-refractivity contribution is 5.91. The molecule has 0 fully saturated rings. The van der Waals surface area contributed by atoms with Crippen molar-refractivity contribution < 1.29 is 9.53 Å². The van der Waals surface area contributed by atoms with Crippen molar-refractivity contribution in [2.24, 2.45) is 14.1 Å². The van der Waals surface area contributed by atoms with Gasteiger partial charge in [0.05, 0.1) is 18.2 Å². The minimum absolute atomic E-state index is 0.0740. The second-order valence-corrected chi connectivity index (χ2v) is 4.93. The molecule has 0 bridgehead atoms. The van der Waals surface area contributed by atoms with E-state index in [1.54, 1.807) is 21.2 Å². The number of carbonyl (C=O) groups is 1. The summed E-state index contributed by atoms with van der Waals surface area (Å²) in [7, 11) is 6.18. The molecule has 1 aromatic rings. The first-order chi connectivity index (χ1) is 9.79. The van der Waals surface area contributed by atoms with Crippen LogP contribution in [0, 0.1) is 0 Å². The molecule has 1 aromatic heterocycles. The van der Waals surface area contributed by atoms with Crippen molar-refractivity contribution in [3.05, 3.63) is 38.7 Å². The number of hydrogen-bond donors (Lipinski definition) is 0. The fourth-order valence-corrected chi connectivity index (χ4v) is 1.80. The second kappa shape index (κ2) is 7.03. The van der Waals surface area contributed by atoms with E-state index in [0.29, 0.717) is 6.61 Å². The maximum atomic E-state index is 12.0. The summed E-state index contributed by atoms with van der Waals surface area (Å²) in [6.45, 7) is 2.29. The molecule has 0 saturated carbocycles. The lowest BCUT2D eigenvalue weighted by molar-refractivity contribution is -0.127. The Hall–Kier alpha value is -2.15. The first kappa shape index (κ1) is 16.9. The van der Waals surface area contributed by atoms with Gasteiger partial charge in [-0.2, -0.15) is 0 Å². The van der Waals surface area contributed by atoms with Crippen LogP contribution in [0.5, 0.6) is 0 Å². The molecule has 7 heteroatoms. The number of hydrogen-bond acceptors (Lipinski definition) is 4. The van der Waals surface area contributed by atoms with Crippen molar-refractivity contribution in [1.82, 2.24) is 14.0 Å². The van der Waals surface area contributed by atoms with Gasteiger partial charge in [-0.3, -0.25) is 14.2 Å². The molecule has 1 amide bonds. The highest BCUT2D eigenvalue weighted by Gasteiger charge is 2.13. The summed E-state index contributed by atoms with van der Waals surface area (Å²) < 4.78 is 7.29. The molecule has 0 aliphatic carbocycles. The van der Waals surface area contributed by atoms with Gasteiger partial charge in [0.15, 0.2) is 0 Å². The lowest BCUT2D eigenvalue weighted by atomic mass is 10.2. The zero-order valence-electron chi connectivity index (χ0n) is 13.0. The molecule has 1 atom stereocenters. The number of amides is 1. The van der Waals surface area contributed by atoms with Gasteiger partial charge < -0.3 is 14.2 Å². The van der Waals surface area contributed by atoms with Gasteiger partial charge in [-0.25, -0.2) is 4.79 Å². The standard InChI is InChI=1S/C14H21N3O4/c1-10(9-21-5)16(3)12(18)7-6-11-8-15(2)14(20)17(4)13(11)19/h6-8,10H,9H2,1-5H3. The van der Waals surface area contributed by atoms with Crippen LogP contribution in [-0.4, -0.2) is 46.7 Å². The molecule has 0 N–H and O–H groups in total. The van der Waals surface area contributed by atoms with Crippen LogP contribution in [0.4, 0.5) is 0 Å². The summed E-state index contributed by atoms with van der Waals surface area (Å²) in [5.74, 6) is -0.240. The van der Waals surface area contributed by atoms with E-state index in [0.717, 1.165) is 4.57 Å². The average Bonchev–Trinajstić information content (AvgIpc) is 2.46. The number of carbonyl (C=O) groups excluding carboxylic acids is 1. The molecule has 0 aliphatic rings. The van der Waals surface area contributed by atoms with Crippen molar-refractivity contribution in [1.29, 1.82) is 0 Å². The van der Waals surface area contributed by atoms with Crippen LogP contribution >= 0.6 is 0 Å². The number of rotatable bonds is 5. The van der Waals surface area contributed by atoms with Gasteiger partial charge in [-0.05, 0) is 13.0 Å². The highest BCUT2D eigenvalue weighted by atomic mass is 16.5. The Morgan fingerprint density at radius 2 is 2.05 bits per heavy atom. The summed E-state index contributed by atoms with van der Waals surface area (Å²) in [5, 5.41) is 0. The molecule has 1 rings (SSSR count). The van der Waals surface area contributed by atoms with E-state index < -0.39 is 11.2 Å². The largest absolute Gasteiger partial charge is 0.383 e. The number of likely N-dealkylation sites (N-methyl/N-ethyl adjacent to an activating group) is 1. The monoisotopic (exact) mass is 295 g/mol. The Morgan fingerprint density at radius 1 is 1.43 bits per heavy atom. The van der Waals surface area contributed by atoms with Gasteiger partial charge in [-0.1, -0.05) is 0 Å². The third-order valence-electron chi connectivity index (χ3n) is 3.30. The average molecular weight is 295 g/mol. The predicted octanol–water partition coefficient (Wildman–Crippen LogP) is -0.409. The van der Waals surface area contributed by atoms with E-state index in [1.165, 1.54) is 34.9 Å². The molecule has 0 radical (unpaired) electrons. The number of aryl methyl sites for hydroxylation is 1. The molecule has 0 saturated heterocycles. The van der Waals surface area contributed by atoms with Crippen LogP contribution in [-0.2, 0) is 23.6 Å². The van der Waals surface area contributed by atoms with E-state index in [1.807, 2.05) is 6.92 Å². The number of ether oxygens (including phenoxy) is 1. The van der Waals surface area contributed by atoms with Gasteiger partial charge in [0.25, 0.3) is 5.56 Å².